The number of sulfonamides is 1. The van der Waals surface area contributed by atoms with Crippen LogP contribution < -0.4 is 14.8 Å². The number of hydrogen-bond acceptors (Lipinski definition) is 4. The fourth-order valence-corrected chi connectivity index (χ4v) is 2.82. The molecule has 2 aromatic rings. The van der Waals surface area contributed by atoms with E-state index in [1.54, 1.807) is 48.5 Å². The van der Waals surface area contributed by atoms with Crippen molar-refractivity contribution in [3.8, 4) is 5.75 Å². The second kappa shape index (κ2) is 6.49. The maximum absolute atomic E-state index is 12.2. The molecule has 0 unspecified atom stereocenters. The molecule has 0 aliphatic rings. The Morgan fingerprint density at radius 1 is 1.10 bits per heavy atom. The molecule has 0 spiro atoms. The fourth-order valence-electron chi connectivity index (χ4n) is 1.80. The molecule has 0 bridgehead atoms. The van der Waals surface area contributed by atoms with Crippen LogP contribution in [-0.2, 0) is 10.0 Å². The lowest BCUT2D eigenvalue weighted by Crippen LogP contribution is -2.31. The van der Waals surface area contributed by atoms with E-state index in [-0.39, 0.29) is 12.4 Å². The summed E-state index contributed by atoms with van der Waals surface area (Å²) in [7, 11) is -1.88. The van der Waals surface area contributed by atoms with E-state index >= 15 is 0 Å². The molecule has 2 N–H and O–H groups in total. The predicted octanol–water partition coefficient (Wildman–Crippen LogP) is 2.11. The van der Waals surface area contributed by atoms with Gasteiger partial charge in [0, 0.05) is 18.8 Å². The fraction of sp³-hybridized carbons (Fsp3) is 0.200. The van der Waals surface area contributed by atoms with Crippen molar-refractivity contribution in [3.63, 3.8) is 0 Å². The van der Waals surface area contributed by atoms with Crippen LogP contribution >= 0.6 is 0 Å². The molecule has 0 saturated heterocycles. The second-order valence-corrected chi connectivity index (χ2v) is 6.66. The van der Waals surface area contributed by atoms with Gasteiger partial charge in [-0.05, 0) is 24.3 Å². The number of nitrogen functional groups attached to an aromatic ring is 1. The Bertz CT molecular complexity index is 687. The number of nitrogens with zero attached hydrogens (tertiary/aromatic N) is 1. The summed E-state index contributed by atoms with van der Waals surface area (Å²) in [4.78, 5) is 0. The molecule has 0 radical (unpaired) electrons. The Hall–Kier alpha value is -2.21. The summed E-state index contributed by atoms with van der Waals surface area (Å²) < 4.78 is 31.1. The van der Waals surface area contributed by atoms with E-state index in [0.29, 0.717) is 17.1 Å². The molecular weight excluding hydrogens is 288 g/mol. The highest BCUT2D eigenvalue weighted by atomic mass is 32.2. The number of para-hydroxylation sites is 1. The van der Waals surface area contributed by atoms with E-state index in [1.165, 1.54) is 11.4 Å². The summed E-state index contributed by atoms with van der Waals surface area (Å²) in [6, 6.07) is 15.8. The van der Waals surface area contributed by atoms with Gasteiger partial charge in [0.15, 0.2) is 0 Å². The van der Waals surface area contributed by atoms with E-state index in [9.17, 15) is 8.42 Å². The minimum Gasteiger partial charge on any atom is -0.492 e. The molecule has 2 aromatic carbocycles. The average Bonchev–Trinajstić information content (AvgIpc) is 2.47. The van der Waals surface area contributed by atoms with E-state index in [0.717, 1.165) is 0 Å². The van der Waals surface area contributed by atoms with Crippen LogP contribution in [0.25, 0.3) is 0 Å². The van der Waals surface area contributed by atoms with Gasteiger partial charge in [-0.25, -0.2) is 8.42 Å². The van der Waals surface area contributed by atoms with Crippen molar-refractivity contribution >= 4 is 21.4 Å². The van der Waals surface area contributed by atoms with Crippen molar-refractivity contribution in [1.82, 2.24) is 0 Å². The number of anilines is 2. The van der Waals surface area contributed by atoms with E-state index in [4.69, 9.17) is 10.5 Å². The maximum Gasteiger partial charge on any atom is 0.238 e. The molecule has 0 heterocycles. The summed E-state index contributed by atoms with van der Waals surface area (Å²) in [5, 5.41) is 0. The molecule has 112 valence electrons. The zero-order chi connectivity index (χ0) is 15.3. The first-order valence-corrected chi connectivity index (χ1v) is 8.10. The van der Waals surface area contributed by atoms with Gasteiger partial charge in [0.1, 0.15) is 18.1 Å². The van der Waals surface area contributed by atoms with Crippen molar-refractivity contribution in [2.45, 2.75) is 0 Å². The molecular formula is C15H18N2O3S. The first-order chi connectivity index (χ1) is 9.99. The van der Waals surface area contributed by atoms with Crippen LogP contribution in [0.1, 0.15) is 0 Å². The third-order valence-electron chi connectivity index (χ3n) is 3.01. The highest BCUT2D eigenvalue weighted by Crippen LogP contribution is 2.17. The number of hydrogen-bond donors (Lipinski definition) is 1. The zero-order valence-corrected chi connectivity index (χ0v) is 12.6. The molecule has 0 atom stereocenters. The van der Waals surface area contributed by atoms with Crippen LogP contribution in [0.2, 0.25) is 0 Å². The normalized spacial score (nSPS) is 11.1. The van der Waals surface area contributed by atoms with E-state index < -0.39 is 10.0 Å². The molecule has 0 amide bonds. The topological polar surface area (TPSA) is 72.6 Å². The van der Waals surface area contributed by atoms with Crippen molar-refractivity contribution < 1.29 is 13.2 Å². The number of rotatable bonds is 6. The highest BCUT2D eigenvalue weighted by molar-refractivity contribution is 7.92. The van der Waals surface area contributed by atoms with Crippen LogP contribution in [0.15, 0.2) is 54.6 Å². The van der Waals surface area contributed by atoms with E-state index in [2.05, 4.69) is 0 Å². The highest BCUT2D eigenvalue weighted by Gasteiger charge is 2.18. The van der Waals surface area contributed by atoms with E-state index in [1.807, 2.05) is 6.07 Å². The Labute approximate surface area is 125 Å². The lowest BCUT2D eigenvalue weighted by atomic mass is 10.3. The second-order valence-electron chi connectivity index (χ2n) is 4.54. The molecule has 2 rings (SSSR count). The van der Waals surface area contributed by atoms with Crippen molar-refractivity contribution in [2.24, 2.45) is 0 Å². The molecule has 0 fully saturated rings. The number of ether oxygens (including phenoxy) is 1. The summed E-state index contributed by atoms with van der Waals surface area (Å²) >= 11 is 0. The minimum absolute atomic E-state index is 0.0724. The van der Waals surface area contributed by atoms with Crippen molar-refractivity contribution in [1.29, 1.82) is 0 Å². The van der Waals surface area contributed by atoms with Crippen LogP contribution in [0.3, 0.4) is 0 Å². The van der Waals surface area contributed by atoms with Crippen LogP contribution in [0.4, 0.5) is 11.4 Å². The monoisotopic (exact) mass is 306 g/mol. The van der Waals surface area contributed by atoms with Gasteiger partial charge in [-0.3, -0.25) is 4.31 Å². The molecule has 21 heavy (non-hydrogen) atoms. The molecule has 0 saturated carbocycles. The first-order valence-electron chi connectivity index (χ1n) is 6.49. The Balaban J connectivity index is 1.95. The van der Waals surface area contributed by atoms with Gasteiger partial charge in [0.25, 0.3) is 0 Å². The predicted molar refractivity (Wildman–Crippen MR) is 85.0 cm³/mol. The maximum atomic E-state index is 12.2. The molecule has 6 heteroatoms. The third kappa shape index (κ3) is 4.13. The summed E-state index contributed by atoms with van der Waals surface area (Å²) in [5.41, 5.74) is 6.84. The van der Waals surface area contributed by atoms with Crippen LogP contribution in [-0.4, -0.2) is 27.8 Å². The molecule has 0 aliphatic heterocycles. The van der Waals surface area contributed by atoms with Crippen molar-refractivity contribution in [2.75, 3.05) is 29.4 Å². The summed E-state index contributed by atoms with van der Waals surface area (Å²) in [5.74, 6) is 0.459. The standard InChI is InChI=1S/C15H18N2O3S/c1-17(14-7-3-2-4-8-14)21(18,19)11-10-20-15-9-5-6-13(16)12-15/h2-9,12H,10-11,16H2,1H3. The lowest BCUT2D eigenvalue weighted by Gasteiger charge is -2.19. The zero-order valence-electron chi connectivity index (χ0n) is 11.8. The molecule has 0 aromatic heterocycles. The minimum atomic E-state index is -3.42. The molecule has 0 aliphatic carbocycles. The Morgan fingerprint density at radius 3 is 2.48 bits per heavy atom. The molecule has 5 nitrogen and oxygen atoms in total. The quantitative estimate of drug-likeness (QED) is 0.830. The average molecular weight is 306 g/mol. The number of nitrogens with two attached hydrogens (primary N) is 1. The van der Waals surface area contributed by atoms with Gasteiger partial charge in [-0.2, -0.15) is 0 Å². The van der Waals surface area contributed by atoms with Gasteiger partial charge < -0.3 is 10.5 Å². The van der Waals surface area contributed by atoms with Crippen LogP contribution in [0.5, 0.6) is 5.75 Å². The van der Waals surface area contributed by atoms with Crippen molar-refractivity contribution in [3.05, 3.63) is 54.6 Å². The summed E-state index contributed by atoms with van der Waals surface area (Å²) in [6.07, 6.45) is 0. The Morgan fingerprint density at radius 2 is 1.81 bits per heavy atom. The summed E-state index contributed by atoms with van der Waals surface area (Å²) in [6.45, 7) is 0.0724. The van der Waals surface area contributed by atoms with Gasteiger partial charge >= 0.3 is 0 Å². The number of benzene rings is 2. The van der Waals surface area contributed by atoms with Crippen LogP contribution in [0, 0.1) is 0 Å². The first kappa shape index (κ1) is 15.2. The van der Waals surface area contributed by atoms with Gasteiger partial charge in [0.05, 0.1) is 5.69 Å². The largest absolute Gasteiger partial charge is 0.492 e. The van der Waals surface area contributed by atoms with Gasteiger partial charge in [0.2, 0.25) is 10.0 Å². The lowest BCUT2D eigenvalue weighted by molar-refractivity contribution is 0.341. The Kier molecular flexibility index (Phi) is 4.70. The smallest absolute Gasteiger partial charge is 0.238 e. The van der Waals surface area contributed by atoms with Gasteiger partial charge in [-0.15, -0.1) is 0 Å². The van der Waals surface area contributed by atoms with Gasteiger partial charge in [-0.1, -0.05) is 24.3 Å². The SMILES string of the molecule is CN(c1ccccc1)S(=O)(=O)CCOc1cccc(N)c1. The third-order valence-corrected chi connectivity index (χ3v) is 4.73.